The van der Waals surface area contributed by atoms with Gasteiger partial charge in [-0.15, -0.1) is 0 Å². The third-order valence-corrected chi connectivity index (χ3v) is 5.26. The molecule has 2 saturated carbocycles. The maximum absolute atomic E-state index is 12.2. The van der Waals surface area contributed by atoms with E-state index in [1.807, 2.05) is 6.92 Å². The van der Waals surface area contributed by atoms with Crippen molar-refractivity contribution in [3.63, 3.8) is 0 Å². The quantitative estimate of drug-likeness (QED) is 0.835. The number of carbonyl (C=O) groups excluding carboxylic acids is 1. The predicted octanol–water partition coefficient (Wildman–Crippen LogP) is 3.91. The number of hydrogen-bond donors (Lipinski definition) is 1. The Kier molecular flexibility index (Phi) is 6.53. The fourth-order valence-electron chi connectivity index (χ4n) is 3.99. The van der Waals surface area contributed by atoms with E-state index in [0.29, 0.717) is 5.92 Å². The minimum atomic E-state index is -0.304. The van der Waals surface area contributed by atoms with Crippen molar-refractivity contribution < 1.29 is 9.53 Å². The van der Waals surface area contributed by atoms with E-state index in [2.05, 4.69) is 19.2 Å². The molecule has 0 heterocycles. The molecule has 0 aromatic rings. The van der Waals surface area contributed by atoms with Gasteiger partial charge < -0.3 is 10.1 Å². The van der Waals surface area contributed by atoms with E-state index in [1.54, 1.807) is 0 Å². The van der Waals surface area contributed by atoms with Crippen LogP contribution in [-0.2, 0) is 9.53 Å². The number of ether oxygens (including phenoxy) is 1. The molecule has 2 aliphatic rings. The highest BCUT2D eigenvalue weighted by Crippen LogP contribution is 2.28. The molecule has 1 amide bonds. The molecule has 0 spiro atoms. The van der Waals surface area contributed by atoms with Crippen LogP contribution in [0.1, 0.15) is 72.1 Å². The third kappa shape index (κ3) is 5.61. The van der Waals surface area contributed by atoms with Crippen molar-refractivity contribution >= 4 is 5.91 Å². The summed E-state index contributed by atoms with van der Waals surface area (Å²) in [6, 6.07) is 0. The van der Waals surface area contributed by atoms with E-state index in [0.717, 1.165) is 31.2 Å². The zero-order valence-corrected chi connectivity index (χ0v) is 14.1. The molecule has 5 atom stereocenters. The van der Waals surface area contributed by atoms with Gasteiger partial charge in [0.1, 0.15) is 6.10 Å². The van der Waals surface area contributed by atoms with Crippen LogP contribution in [0, 0.1) is 17.8 Å². The molecule has 0 bridgehead atoms. The van der Waals surface area contributed by atoms with Crippen LogP contribution in [0.25, 0.3) is 0 Å². The van der Waals surface area contributed by atoms with Crippen molar-refractivity contribution in [3.8, 4) is 0 Å². The van der Waals surface area contributed by atoms with Crippen LogP contribution in [0.5, 0.6) is 0 Å². The predicted molar refractivity (Wildman–Crippen MR) is 86.1 cm³/mol. The molecule has 0 aromatic carbocycles. The summed E-state index contributed by atoms with van der Waals surface area (Å²) < 4.78 is 5.97. The molecule has 122 valence electrons. The van der Waals surface area contributed by atoms with Gasteiger partial charge in [-0.3, -0.25) is 4.79 Å². The van der Waals surface area contributed by atoms with Crippen molar-refractivity contribution in [2.45, 2.75) is 84.3 Å². The first-order chi connectivity index (χ1) is 10.0. The molecule has 3 nitrogen and oxygen atoms in total. The normalized spacial score (nSPS) is 35.2. The summed E-state index contributed by atoms with van der Waals surface area (Å²) in [7, 11) is 0. The lowest BCUT2D eigenvalue weighted by Crippen LogP contribution is -2.40. The van der Waals surface area contributed by atoms with E-state index in [9.17, 15) is 4.79 Å². The minimum Gasteiger partial charge on any atom is -0.365 e. The molecule has 0 aromatic heterocycles. The first-order valence-electron chi connectivity index (χ1n) is 8.97. The minimum absolute atomic E-state index is 0.0754. The number of nitrogens with one attached hydrogen (secondary N) is 1. The Labute approximate surface area is 130 Å². The molecule has 2 aliphatic carbocycles. The fraction of sp³-hybridized carbons (Fsp3) is 0.944. The Balaban J connectivity index is 1.67. The van der Waals surface area contributed by atoms with Crippen LogP contribution in [0.15, 0.2) is 0 Å². The Morgan fingerprint density at radius 1 is 1.10 bits per heavy atom. The Morgan fingerprint density at radius 3 is 2.43 bits per heavy atom. The zero-order chi connectivity index (χ0) is 15.2. The van der Waals surface area contributed by atoms with E-state index in [4.69, 9.17) is 4.74 Å². The van der Waals surface area contributed by atoms with Crippen LogP contribution in [0.3, 0.4) is 0 Å². The molecule has 0 saturated heterocycles. The highest BCUT2D eigenvalue weighted by atomic mass is 16.5. The van der Waals surface area contributed by atoms with Crippen molar-refractivity contribution in [2.24, 2.45) is 17.8 Å². The fourth-order valence-corrected chi connectivity index (χ4v) is 3.99. The zero-order valence-electron chi connectivity index (χ0n) is 14.1. The second-order valence-electron chi connectivity index (χ2n) is 7.56. The van der Waals surface area contributed by atoms with Gasteiger partial charge in [0.25, 0.3) is 0 Å². The molecule has 21 heavy (non-hydrogen) atoms. The van der Waals surface area contributed by atoms with Gasteiger partial charge in [0.15, 0.2) is 0 Å². The first-order valence-corrected chi connectivity index (χ1v) is 8.97. The van der Waals surface area contributed by atoms with E-state index >= 15 is 0 Å². The summed E-state index contributed by atoms with van der Waals surface area (Å²) in [5.41, 5.74) is 0. The lowest BCUT2D eigenvalue weighted by atomic mass is 9.82. The second-order valence-corrected chi connectivity index (χ2v) is 7.56. The summed E-state index contributed by atoms with van der Waals surface area (Å²) >= 11 is 0. The summed E-state index contributed by atoms with van der Waals surface area (Å²) in [5, 5.41) is 3.11. The van der Waals surface area contributed by atoms with Gasteiger partial charge in [0.05, 0.1) is 6.10 Å². The molecule has 0 aliphatic heterocycles. The van der Waals surface area contributed by atoms with Crippen LogP contribution in [0.4, 0.5) is 0 Å². The molecule has 1 N–H and O–H groups in total. The van der Waals surface area contributed by atoms with Crippen LogP contribution in [0.2, 0.25) is 0 Å². The Bertz CT molecular complexity index is 331. The molecule has 2 fully saturated rings. The van der Waals surface area contributed by atoms with E-state index < -0.39 is 0 Å². The van der Waals surface area contributed by atoms with Crippen molar-refractivity contribution in [1.82, 2.24) is 5.32 Å². The molecule has 2 rings (SSSR count). The maximum atomic E-state index is 12.2. The Morgan fingerprint density at radius 2 is 1.76 bits per heavy atom. The van der Waals surface area contributed by atoms with Gasteiger partial charge in [-0.25, -0.2) is 0 Å². The summed E-state index contributed by atoms with van der Waals surface area (Å²) in [5.74, 6) is 2.30. The lowest BCUT2D eigenvalue weighted by Gasteiger charge is -2.30. The van der Waals surface area contributed by atoms with Gasteiger partial charge >= 0.3 is 0 Å². The van der Waals surface area contributed by atoms with Crippen LogP contribution < -0.4 is 5.32 Å². The first kappa shape index (κ1) is 16.8. The van der Waals surface area contributed by atoms with Crippen molar-refractivity contribution in [1.29, 1.82) is 0 Å². The van der Waals surface area contributed by atoms with Gasteiger partial charge in [-0.2, -0.15) is 0 Å². The van der Waals surface area contributed by atoms with Crippen molar-refractivity contribution in [3.05, 3.63) is 0 Å². The van der Waals surface area contributed by atoms with E-state index in [1.165, 1.54) is 38.5 Å². The van der Waals surface area contributed by atoms with Crippen LogP contribution in [-0.4, -0.2) is 24.7 Å². The number of amides is 1. The van der Waals surface area contributed by atoms with Gasteiger partial charge in [-0.05, 0) is 50.4 Å². The average Bonchev–Trinajstić information content (AvgIpc) is 2.45. The summed E-state index contributed by atoms with van der Waals surface area (Å²) in [4.78, 5) is 12.2. The van der Waals surface area contributed by atoms with Gasteiger partial charge in [-0.1, -0.05) is 39.5 Å². The average molecular weight is 295 g/mol. The van der Waals surface area contributed by atoms with Crippen LogP contribution >= 0.6 is 0 Å². The third-order valence-electron chi connectivity index (χ3n) is 5.26. The summed E-state index contributed by atoms with van der Waals surface area (Å²) in [6.45, 7) is 7.34. The second kappa shape index (κ2) is 8.17. The number of hydrogen-bond acceptors (Lipinski definition) is 2. The van der Waals surface area contributed by atoms with Gasteiger partial charge in [0.2, 0.25) is 5.91 Å². The smallest absolute Gasteiger partial charge is 0.248 e. The lowest BCUT2D eigenvalue weighted by molar-refractivity contribution is -0.137. The topological polar surface area (TPSA) is 38.3 Å². The largest absolute Gasteiger partial charge is 0.365 e. The molecule has 0 unspecified atom stereocenters. The molecule has 0 radical (unpaired) electrons. The maximum Gasteiger partial charge on any atom is 0.248 e. The van der Waals surface area contributed by atoms with E-state index in [-0.39, 0.29) is 18.1 Å². The monoisotopic (exact) mass is 295 g/mol. The molecular weight excluding hydrogens is 262 g/mol. The molecular formula is C18H33NO2. The number of rotatable bonds is 5. The highest BCUT2D eigenvalue weighted by molar-refractivity contribution is 5.80. The van der Waals surface area contributed by atoms with Gasteiger partial charge in [0, 0.05) is 6.54 Å². The summed E-state index contributed by atoms with van der Waals surface area (Å²) in [6.07, 6.45) is 9.93. The number of carbonyl (C=O) groups is 1. The standard InChI is InChI=1S/C18H33NO2/c1-13-6-4-8-16(10-13)12-19-18(20)15(3)21-17-9-5-7-14(2)11-17/h13-17H,4-12H2,1-3H3,(H,19,20)/t13-,14+,15+,16+,17-/m1/s1. The Hall–Kier alpha value is -0.570. The molecule has 3 heteroatoms. The highest BCUT2D eigenvalue weighted by Gasteiger charge is 2.25. The van der Waals surface area contributed by atoms with Crippen molar-refractivity contribution in [2.75, 3.05) is 6.54 Å². The SMILES string of the molecule is C[C@@H]1CCC[C@H](CNC(=O)[C@H](C)O[C@@H]2CCC[C@H](C)C2)C1.